The van der Waals surface area contributed by atoms with Crippen molar-refractivity contribution in [3.05, 3.63) is 17.7 Å². The number of hydrogen-bond donors (Lipinski definition) is 1. The van der Waals surface area contributed by atoms with E-state index in [1.165, 1.54) is 11.5 Å². The Hall–Kier alpha value is -1.76. The van der Waals surface area contributed by atoms with E-state index >= 15 is 0 Å². The molecule has 1 atom stereocenters. The number of H-pyrrole nitrogens is 1. The van der Waals surface area contributed by atoms with E-state index in [0.717, 1.165) is 22.1 Å². The van der Waals surface area contributed by atoms with Gasteiger partial charge in [-0.15, -0.1) is 0 Å². The Labute approximate surface area is 95.8 Å². The normalized spacial score (nSPS) is 12.4. The van der Waals surface area contributed by atoms with Gasteiger partial charge >= 0.3 is 0 Å². The van der Waals surface area contributed by atoms with Gasteiger partial charge in [0.1, 0.15) is 16.9 Å². The standard InChI is InChI=1S/C9H10N4O2S/c1-5(15-4-14)8-7(3-10-12-8)9-11-6(2)13-16-9/h3-5H,1-2H3,(H,10,12). The minimum atomic E-state index is -0.376. The third kappa shape index (κ3) is 1.94. The number of rotatable bonds is 4. The van der Waals surface area contributed by atoms with Crippen molar-refractivity contribution in [1.29, 1.82) is 0 Å². The Balaban J connectivity index is 2.35. The quantitative estimate of drug-likeness (QED) is 0.816. The van der Waals surface area contributed by atoms with Crippen molar-refractivity contribution >= 4 is 18.0 Å². The third-order valence-corrected chi connectivity index (χ3v) is 2.93. The van der Waals surface area contributed by atoms with Gasteiger partial charge in [-0.25, -0.2) is 4.98 Å². The number of carbonyl (C=O) groups is 1. The second kappa shape index (κ2) is 4.40. The monoisotopic (exact) mass is 238 g/mol. The van der Waals surface area contributed by atoms with Gasteiger partial charge in [0.2, 0.25) is 0 Å². The Kier molecular flexibility index (Phi) is 2.95. The Bertz CT molecular complexity index is 493. The molecule has 2 aromatic heterocycles. The lowest BCUT2D eigenvalue weighted by atomic mass is 10.2. The number of aryl methyl sites for hydroxylation is 1. The van der Waals surface area contributed by atoms with Crippen molar-refractivity contribution < 1.29 is 9.53 Å². The fraction of sp³-hybridized carbons (Fsp3) is 0.333. The Morgan fingerprint density at radius 3 is 3.06 bits per heavy atom. The highest BCUT2D eigenvalue weighted by Crippen LogP contribution is 2.28. The molecule has 1 N–H and O–H groups in total. The Morgan fingerprint density at radius 2 is 2.44 bits per heavy atom. The van der Waals surface area contributed by atoms with E-state index in [1.807, 2.05) is 6.92 Å². The molecular formula is C9H10N4O2S. The molecule has 0 spiro atoms. The zero-order valence-electron chi connectivity index (χ0n) is 8.80. The average Bonchev–Trinajstić information content (AvgIpc) is 2.85. The molecule has 0 saturated carbocycles. The van der Waals surface area contributed by atoms with E-state index in [0.29, 0.717) is 6.47 Å². The SMILES string of the molecule is Cc1nsc(-c2cn[nH]c2C(C)OC=O)n1. The summed E-state index contributed by atoms with van der Waals surface area (Å²) >= 11 is 1.29. The lowest BCUT2D eigenvalue weighted by Crippen LogP contribution is -2.00. The lowest BCUT2D eigenvalue weighted by Gasteiger charge is -2.07. The van der Waals surface area contributed by atoms with Gasteiger partial charge < -0.3 is 4.74 Å². The number of nitrogens with zero attached hydrogens (tertiary/aromatic N) is 3. The molecule has 0 aliphatic heterocycles. The first-order chi connectivity index (χ1) is 7.72. The van der Waals surface area contributed by atoms with Crippen LogP contribution in [0.3, 0.4) is 0 Å². The first kappa shape index (κ1) is 10.7. The van der Waals surface area contributed by atoms with Crippen molar-refractivity contribution in [3.63, 3.8) is 0 Å². The van der Waals surface area contributed by atoms with E-state index in [9.17, 15) is 4.79 Å². The van der Waals surface area contributed by atoms with Gasteiger partial charge in [0, 0.05) is 0 Å². The summed E-state index contributed by atoms with van der Waals surface area (Å²) in [5, 5.41) is 7.50. The van der Waals surface area contributed by atoms with Gasteiger partial charge in [-0.1, -0.05) is 0 Å². The molecule has 0 bridgehead atoms. The van der Waals surface area contributed by atoms with Crippen LogP contribution in [0.5, 0.6) is 0 Å². The summed E-state index contributed by atoms with van der Waals surface area (Å²) < 4.78 is 8.96. The fourth-order valence-corrected chi connectivity index (χ4v) is 2.03. The summed E-state index contributed by atoms with van der Waals surface area (Å²) in [6.45, 7) is 4.01. The molecule has 84 valence electrons. The molecule has 16 heavy (non-hydrogen) atoms. The van der Waals surface area contributed by atoms with E-state index in [1.54, 1.807) is 13.1 Å². The van der Waals surface area contributed by atoms with Crippen molar-refractivity contribution in [1.82, 2.24) is 19.6 Å². The Morgan fingerprint density at radius 1 is 1.62 bits per heavy atom. The number of aromatic amines is 1. The molecule has 0 aliphatic carbocycles. The predicted octanol–water partition coefficient (Wildman–Crippen LogP) is 1.47. The summed E-state index contributed by atoms with van der Waals surface area (Å²) in [6.07, 6.45) is 1.28. The predicted molar refractivity (Wildman–Crippen MR) is 57.8 cm³/mol. The van der Waals surface area contributed by atoms with E-state index in [-0.39, 0.29) is 6.10 Å². The second-order valence-electron chi connectivity index (χ2n) is 3.22. The van der Waals surface area contributed by atoms with Gasteiger partial charge in [0.25, 0.3) is 6.47 Å². The van der Waals surface area contributed by atoms with Crippen LogP contribution < -0.4 is 0 Å². The molecule has 2 aromatic rings. The van der Waals surface area contributed by atoms with Crippen LogP contribution in [0.1, 0.15) is 24.5 Å². The first-order valence-corrected chi connectivity index (χ1v) is 5.42. The maximum Gasteiger partial charge on any atom is 0.293 e. The van der Waals surface area contributed by atoms with Crippen molar-refractivity contribution in [2.24, 2.45) is 0 Å². The molecule has 0 amide bonds. The van der Waals surface area contributed by atoms with Gasteiger partial charge in [-0.05, 0) is 25.4 Å². The first-order valence-electron chi connectivity index (χ1n) is 4.65. The van der Waals surface area contributed by atoms with Crippen LogP contribution in [0, 0.1) is 6.92 Å². The molecule has 0 aromatic carbocycles. The number of carbonyl (C=O) groups excluding carboxylic acids is 1. The van der Waals surface area contributed by atoms with Crippen LogP contribution >= 0.6 is 11.5 Å². The van der Waals surface area contributed by atoms with Crippen molar-refractivity contribution in [2.75, 3.05) is 0 Å². The van der Waals surface area contributed by atoms with Crippen LogP contribution in [0.4, 0.5) is 0 Å². The molecule has 6 nitrogen and oxygen atoms in total. The number of ether oxygens (including phenoxy) is 1. The molecule has 0 radical (unpaired) electrons. The van der Waals surface area contributed by atoms with Crippen molar-refractivity contribution in [2.45, 2.75) is 20.0 Å². The highest BCUT2D eigenvalue weighted by atomic mass is 32.1. The maximum atomic E-state index is 10.3. The second-order valence-corrected chi connectivity index (χ2v) is 3.97. The van der Waals surface area contributed by atoms with E-state index in [4.69, 9.17) is 4.74 Å². The number of aromatic nitrogens is 4. The molecule has 2 heterocycles. The van der Waals surface area contributed by atoms with E-state index < -0.39 is 0 Å². The van der Waals surface area contributed by atoms with Crippen LogP contribution in [0.25, 0.3) is 10.6 Å². The molecular weight excluding hydrogens is 228 g/mol. The van der Waals surface area contributed by atoms with Gasteiger partial charge in [0.15, 0.2) is 0 Å². The van der Waals surface area contributed by atoms with Crippen LogP contribution in [-0.2, 0) is 9.53 Å². The van der Waals surface area contributed by atoms with Crippen LogP contribution in [0.15, 0.2) is 6.20 Å². The minimum absolute atomic E-state index is 0.376. The summed E-state index contributed by atoms with van der Waals surface area (Å²) in [6, 6.07) is 0. The third-order valence-electron chi connectivity index (χ3n) is 2.09. The summed E-state index contributed by atoms with van der Waals surface area (Å²) in [5.74, 6) is 0.719. The smallest absolute Gasteiger partial charge is 0.293 e. The van der Waals surface area contributed by atoms with Gasteiger partial charge in [-0.2, -0.15) is 9.47 Å². The van der Waals surface area contributed by atoms with Crippen molar-refractivity contribution in [3.8, 4) is 10.6 Å². The maximum absolute atomic E-state index is 10.3. The molecule has 7 heteroatoms. The van der Waals surface area contributed by atoms with Crippen LogP contribution in [-0.4, -0.2) is 26.0 Å². The van der Waals surface area contributed by atoms with Gasteiger partial charge in [0.05, 0.1) is 17.5 Å². The average molecular weight is 238 g/mol. The summed E-state index contributed by atoms with van der Waals surface area (Å²) in [7, 11) is 0. The summed E-state index contributed by atoms with van der Waals surface area (Å²) in [4.78, 5) is 14.5. The topological polar surface area (TPSA) is 80.8 Å². The fourth-order valence-electron chi connectivity index (χ4n) is 1.33. The van der Waals surface area contributed by atoms with E-state index in [2.05, 4.69) is 19.6 Å². The number of nitrogens with one attached hydrogen (secondary N) is 1. The lowest BCUT2D eigenvalue weighted by molar-refractivity contribution is -0.133. The van der Waals surface area contributed by atoms with Gasteiger partial charge in [-0.3, -0.25) is 9.89 Å². The molecule has 1 unspecified atom stereocenters. The minimum Gasteiger partial charge on any atom is -0.458 e. The molecule has 0 fully saturated rings. The molecule has 2 rings (SSSR count). The highest BCUT2D eigenvalue weighted by molar-refractivity contribution is 7.09. The zero-order chi connectivity index (χ0) is 11.5. The number of hydrogen-bond acceptors (Lipinski definition) is 6. The molecule has 0 saturated heterocycles. The van der Waals surface area contributed by atoms with Crippen LogP contribution in [0.2, 0.25) is 0 Å². The molecule has 0 aliphatic rings. The largest absolute Gasteiger partial charge is 0.458 e. The summed E-state index contributed by atoms with van der Waals surface area (Å²) in [5.41, 5.74) is 1.54. The highest BCUT2D eigenvalue weighted by Gasteiger charge is 2.17. The zero-order valence-corrected chi connectivity index (χ0v) is 9.61.